The summed E-state index contributed by atoms with van der Waals surface area (Å²) in [5.74, 6) is 0. The fraction of sp³-hybridized carbons (Fsp3) is 1.00. The van der Waals surface area contributed by atoms with Crippen molar-refractivity contribution in [2.75, 3.05) is 26.3 Å². The summed E-state index contributed by atoms with van der Waals surface area (Å²) < 4.78 is 5.51. The van der Waals surface area contributed by atoms with Crippen LogP contribution < -0.4 is 5.32 Å². The molecule has 1 N–H and O–H groups in total. The second kappa shape index (κ2) is 5.99. The van der Waals surface area contributed by atoms with E-state index in [1.807, 2.05) is 0 Å². The molecule has 0 bridgehead atoms. The summed E-state index contributed by atoms with van der Waals surface area (Å²) in [7, 11) is 0. The van der Waals surface area contributed by atoms with E-state index in [2.05, 4.69) is 24.1 Å². The molecule has 3 nitrogen and oxygen atoms in total. The average molecular weight is 226 g/mol. The van der Waals surface area contributed by atoms with E-state index in [0.29, 0.717) is 6.04 Å². The quantitative estimate of drug-likeness (QED) is 0.791. The van der Waals surface area contributed by atoms with E-state index in [0.717, 1.165) is 38.4 Å². The molecule has 0 radical (unpaired) electrons. The van der Waals surface area contributed by atoms with Gasteiger partial charge in [0.25, 0.3) is 0 Å². The molecule has 16 heavy (non-hydrogen) atoms. The van der Waals surface area contributed by atoms with Crippen LogP contribution in [0.15, 0.2) is 0 Å². The highest BCUT2D eigenvalue weighted by Crippen LogP contribution is 2.25. The SMILES string of the molecule is CCNC1CCC(N2CCOCC2C)CC1. The van der Waals surface area contributed by atoms with Crippen molar-refractivity contribution in [1.82, 2.24) is 10.2 Å². The molecule has 2 fully saturated rings. The van der Waals surface area contributed by atoms with E-state index in [9.17, 15) is 0 Å². The van der Waals surface area contributed by atoms with E-state index >= 15 is 0 Å². The van der Waals surface area contributed by atoms with E-state index < -0.39 is 0 Å². The lowest BCUT2D eigenvalue weighted by molar-refractivity contribution is -0.0306. The van der Waals surface area contributed by atoms with E-state index in [1.165, 1.54) is 25.7 Å². The first kappa shape index (κ1) is 12.3. The Kier molecular flexibility index (Phi) is 4.62. The van der Waals surface area contributed by atoms with Crippen LogP contribution in [0.3, 0.4) is 0 Å². The predicted octanol–water partition coefficient (Wildman–Crippen LogP) is 1.63. The maximum Gasteiger partial charge on any atom is 0.0619 e. The lowest BCUT2D eigenvalue weighted by Gasteiger charge is -2.42. The van der Waals surface area contributed by atoms with Gasteiger partial charge in [0.1, 0.15) is 0 Å². The molecule has 3 heteroatoms. The van der Waals surface area contributed by atoms with Crippen molar-refractivity contribution < 1.29 is 4.74 Å². The number of nitrogens with zero attached hydrogens (tertiary/aromatic N) is 1. The highest BCUT2D eigenvalue weighted by atomic mass is 16.5. The van der Waals surface area contributed by atoms with Crippen molar-refractivity contribution in [2.45, 2.75) is 57.7 Å². The van der Waals surface area contributed by atoms with Crippen molar-refractivity contribution in [3.05, 3.63) is 0 Å². The number of hydrogen-bond acceptors (Lipinski definition) is 3. The Morgan fingerprint density at radius 1 is 1.25 bits per heavy atom. The predicted molar refractivity (Wildman–Crippen MR) is 66.7 cm³/mol. The first-order chi connectivity index (χ1) is 7.81. The molecule has 1 saturated carbocycles. The third kappa shape index (κ3) is 2.96. The van der Waals surface area contributed by atoms with Crippen molar-refractivity contribution >= 4 is 0 Å². The lowest BCUT2D eigenvalue weighted by Crippen LogP contribution is -2.51. The number of morpholine rings is 1. The van der Waals surface area contributed by atoms with Crippen LogP contribution in [0.5, 0.6) is 0 Å². The molecule has 94 valence electrons. The van der Waals surface area contributed by atoms with Gasteiger partial charge in [-0.3, -0.25) is 4.90 Å². The molecule has 1 atom stereocenters. The van der Waals surface area contributed by atoms with Gasteiger partial charge in [-0.15, -0.1) is 0 Å². The first-order valence-corrected chi connectivity index (χ1v) is 6.88. The monoisotopic (exact) mass is 226 g/mol. The zero-order chi connectivity index (χ0) is 11.4. The highest BCUT2D eigenvalue weighted by Gasteiger charge is 2.29. The Hall–Kier alpha value is -0.120. The molecule has 1 aliphatic carbocycles. The van der Waals surface area contributed by atoms with Gasteiger partial charge in [-0.2, -0.15) is 0 Å². The summed E-state index contributed by atoms with van der Waals surface area (Å²) in [6, 6.07) is 2.21. The Morgan fingerprint density at radius 3 is 2.62 bits per heavy atom. The Bertz CT molecular complexity index is 202. The normalized spacial score (nSPS) is 37.5. The fourth-order valence-corrected chi connectivity index (χ4v) is 3.18. The standard InChI is InChI=1S/C13H26N2O/c1-3-14-12-4-6-13(7-5-12)15-8-9-16-10-11(15)2/h11-14H,3-10H2,1-2H3. The Balaban J connectivity index is 1.79. The first-order valence-electron chi connectivity index (χ1n) is 6.88. The van der Waals surface area contributed by atoms with E-state index in [1.54, 1.807) is 0 Å². The zero-order valence-electron chi connectivity index (χ0n) is 10.7. The molecule has 0 amide bonds. The number of ether oxygens (including phenoxy) is 1. The van der Waals surface area contributed by atoms with Gasteiger partial charge in [0.2, 0.25) is 0 Å². The number of hydrogen-bond donors (Lipinski definition) is 1. The van der Waals surface area contributed by atoms with Crippen molar-refractivity contribution in [3.63, 3.8) is 0 Å². The molecule has 0 spiro atoms. The van der Waals surface area contributed by atoms with E-state index in [4.69, 9.17) is 4.74 Å². The third-order valence-corrected chi connectivity index (χ3v) is 4.08. The summed E-state index contributed by atoms with van der Waals surface area (Å²) in [4.78, 5) is 2.67. The summed E-state index contributed by atoms with van der Waals surface area (Å²) in [6.07, 6.45) is 5.43. The summed E-state index contributed by atoms with van der Waals surface area (Å²) in [5.41, 5.74) is 0. The molecule has 1 aliphatic heterocycles. The minimum atomic E-state index is 0.620. The summed E-state index contributed by atoms with van der Waals surface area (Å²) >= 11 is 0. The van der Waals surface area contributed by atoms with Crippen LogP contribution in [0.25, 0.3) is 0 Å². The van der Waals surface area contributed by atoms with Crippen molar-refractivity contribution in [3.8, 4) is 0 Å². The third-order valence-electron chi connectivity index (χ3n) is 4.08. The zero-order valence-corrected chi connectivity index (χ0v) is 10.7. The summed E-state index contributed by atoms with van der Waals surface area (Å²) in [6.45, 7) is 8.61. The van der Waals surface area contributed by atoms with Gasteiger partial charge in [-0.25, -0.2) is 0 Å². The lowest BCUT2D eigenvalue weighted by atomic mass is 9.89. The topological polar surface area (TPSA) is 24.5 Å². The Morgan fingerprint density at radius 2 is 2.00 bits per heavy atom. The minimum Gasteiger partial charge on any atom is -0.379 e. The van der Waals surface area contributed by atoms with Crippen LogP contribution in [0.4, 0.5) is 0 Å². The maximum absolute atomic E-state index is 5.51. The van der Waals surface area contributed by atoms with Gasteiger partial charge in [0, 0.05) is 24.7 Å². The molecular formula is C13H26N2O. The molecule has 1 unspecified atom stereocenters. The van der Waals surface area contributed by atoms with Crippen LogP contribution in [-0.2, 0) is 4.74 Å². The molecule has 0 aromatic heterocycles. The van der Waals surface area contributed by atoms with Crippen LogP contribution in [-0.4, -0.2) is 49.3 Å². The van der Waals surface area contributed by atoms with Gasteiger partial charge >= 0.3 is 0 Å². The minimum absolute atomic E-state index is 0.620. The van der Waals surface area contributed by atoms with Gasteiger partial charge in [-0.05, 0) is 39.2 Å². The molecule has 0 aromatic rings. The smallest absolute Gasteiger partial charge is 0.0619 e. The van der Waals surface area contributed by atoms with Gasteiger partial charge in [-0.1, -0.05) is 6.92 Å². The van der Waals surface area contributed by atoms with E-state index in [-0.39, 0.29) is 0 Å². The van der Waals surface area contributed by atoms with Crippen LogP contribution >= 0.6 is 0 Å². The van der Waals surface area contributed by atoms with Crippen molar-refractivity contribution in [2.24, 2.45) is 0 Å². The Labute approximate surface area is 99.5 Å². The molecule has 2 aliphatic rings. The van der Waals surface area contributed by atoms with Gasteiger partial charge < -0.3 is 10.1 Å². The van der Waals surface area contributed by atoms with Crippen LogP contribution in [0.2, 0.25) is 0 Å². The molecular weight excluding hydrogens is 200 g/mol. The van der Waals surface area contributed by atoms with Gasteiger partial charge in [0.05, 0.1) is 13.2 Å². The molecule has 1 heterocycles. The maximum atomic E-state index is 5.51. The van der Waals surface area contributed by atoms with Gasteiger partial charge in [0.15, 0.2) is 0 Å². The molecule has 0 aromatic carbocycles. The highest BCUT2D eigenvalue weighted by molar-refractivity contribution is 4.86. The van der Waals surface area contributed by atoms with Crippen LogP contribution in [0.1, 0.15) is 39.5 Å². The molecule has 1 saturated heterocycles. The summed E-state index contributed by atoms with van der Waals surface area (Å²) in [5, 5.41) is 3.58. The fourth-order valence-electron chi connectivity index (χ4n) is 3.18. The largest absolute Gasteiger partial charge is 0.379 e. The second-order valence-corrected chi connectivity index (χ2v) is 5.22. The second-order valence-electron chi connectivity index (χ2n) is 5.22. The molecule has 2 rings (SSSR count). The number of nitrogens with one attached hydrogen (secondary N) is 1. The van der Waals surface area contributed by atoms with Crippen LogP contribution in [0, 0.1) is 0 Å². The number of rotatable bonds is 3. The average Bonchev–Trinajstić information content (AvgIpc) is 2.31. The van der Waals surface area contributed by atoms with Crippen molar-refractivity contribution in [1.29, 1.82) is 0 Å².